The van der Waals surface area contributed by atoms with Gasteiger partial charge in [0, 0.05) is 0 Å². The molecule has 50 valence electrons. The van der Waals surface area contributed by atoms with E-state index in [0.29, 0.717) is 0 Å². The summed E-state index contributed by atoms with van der Waals surface area (Å²) in [6.07, 6.45) is -3.02. The molecule has 0 radical (unpaired) electrons. The van der Waals surface area contributed by atoms with Crippen molar-refractivity contribution in [2.24, 2.45) is 0 Å². The first-order valence-electron chi connectivity index (χ1n) is 2.74. The number of aliphatic hydroxyl groups is 4. The van der Waals surface area contributed by atoms with Crippen LogP contribution in [-0.2, 0) is 0 Å². The zero-order valence-electron chi connectivity index (χ0n) is 5.23. The van der Waals surface area contributed by atoms with Crippen molar-refractivity contribution >= 4 is 0 Å². The normalized spacial score (nSPS) is 23.8. The van der Waals surface area contributed by atoms with Gasteiger partial charge in [0.1, 0.15) is 12.2 Å². The molecule has 0 aromatic rings. The molecule has 0 aliphatic rings. The van der Waals surface area contributed by atoms with Crippen LogP contribution in [0, 0.1) is 0 Å². The molecular weight excluding hydrogens is 112 g/mol. The number of rotatable bonds is 3. The van der Waals surface area contributed by atoms with E-state index in [0.717, 1.165) is 0 Å². The first-order chi connectivity index (χ1) is 4.09. The van der Waals surface area contributed by atoms with Gasteiger partial charge in [-0.25, -0.2) is 0 Å². The summed E-state index contributed by atoms with van der Waals surface area (Å²) in [5.41, 5.74) is 0. The van der Waals surface area contributed by atoms with Crippen molar-refractivity contribution in [3.8, 4) is 0 Å². The summed E-state index contributed by atoms with van der Waals surface area (Å²) in [4.78, 5) is 0. The largest absolute Gasteiger partial charge is 0.394 e. The minimum Gasteiger partial charge on any atom is -0.394 e. The third-order valence-electron chi connectivity index (χ3n) is 0.734. The molecule has 0 aromatic heterocycles. The lowest BCUT2D eigenvalue weighted by molar-refractivity contribution is -0.0388. The molecule has 0 saturated heterocycles. The molecule has 4 nitrogen and oxygen atoms in total. The Labute approximate surface area is 48.4 Å². The highest BCUT2D eigenvalue weighted by atomic mass is 16.4. The highest BCUT2D eigenvalue weighted by Crippen LogP contribution is 1.88. The predicted molar refractivity (Wildman–Crippen MR) is 26.2 cm³/mol. The molecule has 0 bridgehead atoms. The zero-order valence-corrected chi connectivity index (χ0v) is 4.23. The first-order valence-corrected chi connectivity index (χ1v) is 2.17. The topological polar surface area (TPSA) is 80.9 Å². The molecule has 0 aromatic carbocycles. The Morgan fingerprint density at radius 3 is 1.88 bits per heavy atom. The van der Waals surface area contributed by atoms with Crippen molar-refractivity contribution in [3.05, 3.63) is 0 Å². The van der Waals surface area contributed by atoms with Gasteiger partial charge in [0.25, 0.3) is 0 Å². The van der Waals surface area contributed by atoms with E-state index in [9.17, 15) is 0 Å². The van der Waals surface area contributed by atoms with Gasteiger partial charge >= 0.3 is 0 Å². The van der Waals surface area contributed by atoms with Crippen LogP contribution in [0.25, 0.3) is 0 Å². The van der Waals surface area contributed by atoms with Crippen molar-refractivity contribution in [1.82, 2.24) is 0 Å². The van der Waals surface area contributed by atoms with Gasteiger partial charge in [-0.1, -0.05) is 0 Å². The van der Waals surface area contributed by atoms with Crippen LogP contribution in [-0.4, -0.2) is 45.8 Å². The Morgan fingerprint density at radius 1 is 1.25 bits per heavy atom. The minimum absolute atomic E-state index is 0.656. The smallest absolute Gasteiger partial charge is 0.105 e. The molecule has 0 saturated carbocycles. The Bertz CT molecular complexity index is 77.0. The van der Waals surface area contributed by atoms with Gasteiger partial charge in [0.2, 0.25) is 0 Å². The Kier molecular flexibility index (Phi) is 2.83. The van der Waals surface area contributed by atoms with Crippen LogP contribution in [0.4, 0.5) is 0 Å². The second kappa shape index (κ2) is 3.80. The summed E-state index contributed by atoms with van der Waals surface area (Å²) in [5.74, 6) is 0. The molecule has 3 atom stereocenters. The molecule has 4 heteroatoms. The van der Waals surface area contributed by atoms with Crippen molar-refractivity contribution in [2.45, 2.75) is 12.2 Å². The summed E-state index contributed by atoms with van der Waals surface area (Å²) < 4.78 is 6.45. The fourth-order valence-corrected chi connectivity index (χ4v) is 0.207. The van der Waals surface area contributed by atoms with Crippen LogP contribution in [0.5, 0.6) is 0 Å². The average molecular weight is 123 g/mol. The SMILES string of the molecule is [2H]C(O)[C@@H](O)[C@@H](O)CO. The van der Waals surface area contributed by atoms with Gasteiger partial charge in [-0.05, 0) is 0 Å². The maximum absolute atomic E-state index is 8.55. The maximum Gasteiger partial charge on any atom is 0.105 e. The molecule has 0 aliphatic carbocycles. The van der Waals surface area contributed by atoms with E-state index in [2.05, 4.69) is 0 Å². The van der Waals surface area contributed by atoms with Crippen LogP contribution in [0.15, 0.2) is 0 Å². The maximum atomic E-state index is 8.55. The van der Waals surface area contributed by atoms with Crippen molar-refractivity contribution in [2.75, 3.05) is 13.2 Å². The summed E-state index contributed by atoms with van der Waals surface area (Å²) in [7, 11) is 0. The van der Waals surface area contributed by atoms with Gasteiger partial charge in [-0.2, -0.15) is 0 Å². The molecule has 1 unspecified atom stereocenters. The lowest BCUT2D eigenvalue weighted by Gasteiger charge is -2.10. The van der Waals surface area contributed by atoms with Crippen LogP contribution in [0.1, 0.15) is 1.37 Å². The highest BCUT2D eigenvalue weighted by Gasteiger charge is 2.12. The lowest BCUT2D eigenvalue weighted by Crippen LogP contribution is -2.31. The van der Waals surface area contributed by atoms with Crippen LogP contribution >= 0.6 is 0 Å². The minimum atomic E-state index is -1.76. The average Bonchev–Trinajstić information content (AvgIpc) is 1.84. The standard InChI is InChI=1S/C4H10O4/c5-1-3(7)4(8)2-6/h3-8H,1-2H2/t3-,4+/i1D/t1?,3-,4+/m1/s1. The highest BCUT2D eigenvalue weighted by molar-refractivity contribution is 4.62. The van der Waals surface area contributed by atoms with Crippen LogP contribution < -0.4 is 0 Å². The van der Waals surface area contributed by atoms with Gasteiger partial charge < -0.3 is 20.4 Å². The van der Waals surface area contributed by atoms with Crippen molar-refractivity contribution < 1.29 is 21.8 Å². The van der Waals surface area contributed by atoms with E-state index in [1.165, 1.54) is 0 Å². The van der Waals surface area contributed by atoms with Gasteiger partial charge in [0.15, 0.2) is 0 Å². The van der Waals surface area contributed by atoms with E-state index in [1.807, 2.05) is 0 Å². The summed E-state index contributed by atoms with van der Waals surface area (Å²) >= 11 is 0. The lowest BCUT2D eigenvalue weighted by atomic mass is 10.2. The Hall–Kier alpha value is -0.160. The molecule has 0 heterocycles. The summed E-state index contributed by atoms with van der Waals surface area (Å²) in [5, 5.41) is 33.5. The van der Waals surface area contributed by atoms with Gasteiger partial charge in [0.05, 0.1) is 14.6 Å². The second-order valence-electron chi connectivity index (χ2n) is 1.39. The van der Waals surface area contributed by atoms with Crippen molar-refractivity contribution in [3.63, 3.8) is 0 Å². The summed E-state index contributed by atoms with van der Waals surface area (Å²) in [6, 6.07) is 0. The van der Waals surface area contributed by atoms with E-state index in [1.54, 1.807) is 0 Å². The molecule has 0 aliphatic heterocycles. The first kappa shape index (κ1) is 5.97. The van der Waals surface area contributed by atoms with Crippen LogP contribution in [0.2, 0.25) is 0 Å². The van der Waals surface area contributed by atoms with E-state index < -0.39 is 25.4 Å². The summed E-state index contributed by atoms with van der Waals surface area (Å²) in [6.45, 7) is -2.41. The third kappa shape index (κ3) is 2.23. The molecule has 8 heavy (non-hydrogen) atoms. The van der Waals surface area contributed by atoms with E-state index >= 15 is 0 Å². The molecule has 0 fully saturated rings. The number of aliphatic hydroxyl groups excluding tert-OH is 4. The van der Waals surface area contributed by atoms with Crippen LogP contribution in [0.3, 0.4) is 0 Å². The number of hydrogen-bond acceptors (Lipinski definition) is 4. The Morgan fingerprint density at radius 2 is 1.75 bits per heavy atom. The fourth-order valence-electron chi connectivity index (χ4n) is 0.207. The molecular formula is C4H10O4. The number of hydrogen-bond donors (Lipinski definition) is 4. The molecule has 0 amide bonds. The van der Waals surface area contributed by atoms with Gasteiger partial charge in [-0.3, -0.25) is 0 Å². The zero-order chi connectivity index (χ0) is 7.44. The van der Waals surface area contributed by atoms with E-state index in [-0.39, 0.29) is 0 Å². The third-order valence-corrected chi connectivity index (χ3v) is 0.734. The molecule has 0 rings (SSSR count). The molecule has 4 N–H and O–H groups in total. The second-order valence-corrected chi connectivity index (χ2v) is 1.39. The Balaban J connectivity index is 3.58. The molecule has 0 spiro atoms. The quantitative estimate of drug-likeness (QED) is 0.340. The van der Waals surface area contributed by atoms with Gasteiger partial charge in [-0.15, -0.1) is 0 Å². The van der Waals surface area contributed by atoms with Crippen molar-refractivity contribution in [1.29, 1.82) is 0 Å². The monoisotopic (exact) mass is 123 g/mol. The fraction of sp³-hybridized carbons (Fsp3) is 1.00. The van der Waals surface area contributed by atoms with E-state index in [4.69, 9.17) is 21.8 Å². The predicted octanol–water partition coefficient (Wildman–Crippen LogP) is -2.31.